The maximum atomic E-state index is 13.2. The Bertz CT molecular complexity index is 1260. The van der Waals surface area contributed by atoms with Gasteiger partial charge < -0.3 is 4.90 Å². The van der Waals surface area contributed by atoms with Crippen LogP contribution >= 0.6 is 0 Å². The first kappa shape index (κ1) is 23.7. The van der Waals surface area contributed by atoms with Crippen LogP contribution in [0.4, 0.5) is 11.4 Å². The normalized spacial score (nSPS) is 21.6. The lowest BCUT2D eigenvalue weighted by Crippen LogP contribution is -2.47. The van der Waals surface area contributed by atoms with Gasteiger partial charge in [0.2, 0.25) is 15.9 Å². The second-order valence-corrected chi connectivity index (χ2v) is 12.3. The molecule has 1 amide bonds. The zero-order valence-electron chi connectivity index (χ0n) is 19.0. The molecular weight excluding hydrogens is 462 g/mol. The number of hydrogen-bond donors (Lipinski definition) is 1. The Hall–Kier alpha value is -2.43. The second kappa shape index (κ2) is 8.73. The van der Waals surface area contributed by atoms with Crippen LogP contribution in [0.2, 0.25) is 0 Å². The Morgan fingerprint density at radius 3 is 2.15 bits per heavy atom. The Morgan fingerprint density at radius 2 is 1.55 bits per heavy atom. The van der Waals surface area contributed by atoms with Crippen LogP contribution in [0.5, 0.6) is 0 Å². The molecule has 2 aromatic rings. The van der Waals surface area contributed by atoms with Gasteiger partial charge in [-0.1, -0.05) is 6.42 Å². The molecule has 0 spiro atoms. The summed E-state index contributed by atoms with van der Waals surface area (Å²) in [6, 6.07) is 10.4. The monoisotopic (exact) mass is 491 g/mol. The third kappa shape index (κ3) is 4.51. The van der Waals surface area contributed by atoms with Gasteiger partial charge in [-0.15, -0.1) is 0 Å². The van der Waals surface area contributed by atoms with Crippen molar-refractivity contribution in [1.29, 1.82) is 0 Å². The lowest BCUT2D eigenvalue weighted by atomic mass is 10.0. The van der Waals surface area contributed by atoms with Crippen LogP contribution < -0.4 is 9.62 Å². The molecule has 1 saturated heterocycles. The van der Waals surface area contributed by atoms with Gasteiger partial charge >= 0.3 is 0 Å². The van der Waals surface area contributed by atoms with Gasteiger partial charge in [-0.3, -0.25) is 9.52 Å². The van der Waals surface area contributed by atoms with Crippen molar-refractivity contribution in [3.63, 3.8) is 0 Å². The quantitative estimate of drug-likeness (QED) is 0.691. The zero-order chi connectivity index (χ0) is 24.0. The summed E-state index contributed by atoms with van der Waals surface area (Å²) in [6.07, 6.45) is 3.25. The minimum absolute atomic E-state index is 0.0735. The van der Waals surface area contributed by atoms with Gasteiger partial charge in [0.25, 0.3) is 10.0 Å². The molecule has 2 heterocycles. The fraction of sp³-hybridized carbons (Fsp3) is 0.435. The molecule has 1 fully saturated rings. The van der Waals surface area contributed by atoms with Gasteiger partial charge in [-0.25, -0.2) is 16.8 Å². The molecule has 2 aliphatic rings. The van der Waals surface area contributed by atoms with E-state index < -0.39 is 20.0 Å². The van der Waals surface area contributed by atoms with E-state index in [1.54, 1.807) is 21.3 Å². The van der Waals surface area contributed by atoms with E-state index in [1.165, 1.54) is 37.3 Å². The summed E-state index contributed by atoms with van der Waals surface area (Å²) < 4.78 is 56.2. The summed E-state index contributed by atoms with van der Waals surface area (Å²) in [5.41, 5.74) is 1.82. The first-order valence-electron chi connectivity index (χ1n) is 11.1. The van der Waals surface area contributed by atoms with E-state index in [4.69, 9.17) is 0 Å². The van der Waals surface area contributed by atoms with Gasteiger partial charge in [0.15, 0.2) is 0 Å². The molecule has 8 nitrogen and oxygen atoms in total. The highest BCUT2D eigenvalue weighted by atomic mass is 32.2. The lowest BCUT2D eigenvalue weighted by Gasteiger charge is -2.37. The van der Waals surface area contributed by atoms with Crippen molar-refractivity contribution in [2.24, 2.45) is 0 Å². The third-order valence-electron chi connectivity index (χ3n) is 6.43. The highest BCUT2D eigenvalue weighted by Gasteiger charge is 2.35. The number of carbonyl (C=O) groups excluding carboxylic acids is 1. The van der Waals surface area contributed by atoms with Crippen molar-refractivity contribution in [2.45, 2.75) is 68.3 Å². The van der Waals surface area contributed by atoms with Crippen LogP contribution in [0.25, 0.3) is 0 Å². The van der Waals surface area contributed by atoms with Gasteiger partial charge in [-0.2, -0.15) is 4.31 Å². The van der Waals surface area contributed by atoms with E-state index in [-0.39, 0.29) is 33.5 Å². The van der Waals surface area contributed by atoms with E-state index >= 15 is 0 Å². The predicted molar refractivity (Wildman–Crippen MR) is 127 cm³/mol. The van der Waals surface area contributed by atoms with E-state index in [2.05, 4.69) is 4.72 Å². The number of anilines is 2. The molecule has 0 aliphatic carbocycles. The molecule has 2 atom stereocenters. The number of nitrogens with zero attached hydrogens (tertiary/aromatic N) is 2. The standard InChI is InChI=1S/C23H29N3O5S2/c1-16-5-4-6-17(2)26(16)33(30,31)21-9-7-20(8-10-21)24-32(28,29)22-11-12-23-19(15-22)13-14-25(23)18(3)27/h7-12,15-17,24H,4-6,13-14H2,1-3H3. The summed E-state index contributed by atoms with van der Waals surface area (Å²) in [5, 5.41) is 0. The molecule has 0 aromatic heterocycles. The summed E-state index contributed by atoms with van der Waals surface area (Å²) in [6.45, 7) is 5.85. The minimum Gasteiger partial charge on any atom is -0.312 e. The van der Waals surface area contributed by atoms with E-state index in [0.717, 1.165) is 30.5 Å². The summed E-state index contributed by atoms with van der Waals surface area (Å²) in [4.78, 5) is 13.6. The highest BCUT2D eigenvalue weighted by Crippen LogP contribution is 2.32. The first-order chi connectivity index (χ1) is 15.5. The molecule has 178 valence electrons. The molecule has 2 aromatic carbocycles. The van der Waals surface area contributed by atoms with E-state index in [0.29, 0.717) is 13.0 Å². The minimum atomic E-state index is -3.87. The van der Waals surface area contributed by atoms with Gasteiger partial charge in [0.1, 0.15) is 0 Å². The van der Waals surface area contributed by atoms with Crippen LogP contribution in [0, 0.1) is 0 Å². The number of hydrogen-bond acceptors (Lipinski definition) is 5. The van der Waals surface area contributed by atoms with Gasteiger partial charge in [0, 0.05) is 36.9 Å². The maximum absolute atomic E-state index is 13.2. The number of carbonyl (C=O) groups is 1. The summed E-state index contributed by atoms with van der Waals surface area (Å²) in [5.74, 6) is -0.0779. The number of benzene rings is 2. The predicted octanol–water partition coefficient (Wildman–Crippen LogP) is 3.35. The molecule has 0 radical (unpaired) electrons. The average molecular weight is 492 g/mol. The number of nitrogens with one attached hydrogen (secondary N) is 1. The second-order valence-electron chi connectivity index (χ2n) is 8.80. The smallest absolute Gasteiger partial charge is 0.261 e. The Labute approximate surface area is 195 Å². The highest BCUT2D eigenvalue weighted by molar-refractivity contribution is 7.92. The van der Waals surface area contributed by atoms with Crippen LogP contribution in [0.1, 0.15) is 45.6 Å². The number of amides is 1. The Balaban J connectivity index is 1.54. The van der Waals surface area contributed by atoms with Crippen molar-refractivity contribution in [2.75, 3.05) is 16.2 Å². The van der Waals surface area contributed by atoms with E-state index in [9.17, 15) is 21.6 Å². The SMILES string of the molecule is CC(=O)N1CCc2cc(S(=O)(=O)Nc3ccc(S(=O)(=O)N4C(C)CCCC4C)cc3)ccc21. The lowest BCUT2D eigenvalue weighted by molar-refractivity contribution is -0.116. The molecule has 0 saturated carbocycles. The number of sulfonamides is 2. The van der Waals surface area contributed by atoms with Crippen molar-refractivity contribution < 1.29 is 21.6 Å². The number of rotatable bonds is 5. The third-order valence-corrected chi connectivity index (χ3v) is 9.95. The molecule has 2 aliphatic heterocycles. The maximum Gasteiger partial charge on any atom is 0.261 e. The molecule has 0 bridgehead atoms. The largest absolute Gasteiger partial charge is 0.312 e. The van der Waals surface area contributed by atoms with Crippen LogP contribution in [-0.2, 0) is 31.3 Å². The van der Waals surface area contributed by atoms with Crippen molar-refractivity contribution in [3.05, 3.63) is 48.0 Å². The van der Waals surface area contributed by atoms with E-state index in [1.807, 2.05) is 13.8 Å². The number of piperidine rings is 1. The Morgan fingerprint density at radius 1 is 0.939 bits per heavy atom. The first-order valence-corrected chi connectivity index (χ1v) is 14.0. The summed E-state index contributed by atoms with van der Waals surface area (Å²) in [7, 11) is -7.54. The Kier molecular flexibility index (Phi) is 6.28. The van der Waals surface area contributed by atoms with Gasteiger partial charge in [-0.05, 0) is 81.1 Å². The molecule has 33 heavy (non-hydrogen) atoms. The average Bonchev–Trinajstić information content (AvgIpc) is 3.17. The van der Waals surface area contributed by atoms with Crippen LogP contribution in [-0.4, -0.2) is 45.7 Å². The number of fused-ring (bicyclic) bond motifs is 1. The molecule has 10 heteroatoms. The molecular formula is C23H29N3O5S2. The summed E-state index contributed by atoms with van der Waals surface area (Å²) >= 11 is 0. The zero-order valence-corrected chi connectivity index (χ0v) is 20.6. The topological polar surface area (TPSA) is 104 Å². The van der Waals surface area contributed by atoms with Crippen molar-refractivity contribution in [3.8, 4) is 0 Å². The van der Waals surface area contributed by atoms with Crippen LogP contribution in [0.3, 0.4) is 0 Å². The molecule has 1 N–H and O–H groups in total. The fourth-order valence-electron chi connectivity index (χ4n) is 4.77. The van der Waals surface area contributed by atoms with Crippen molar-refractivity contribution in [1.82, 2.24) is 4.31 Å². The molecule has 2 unspecified atom stereocenters. The van der Waals surface area contributed by atoms with Crippen LogP contribution in [0.15, 0.2) is 52.3 Å². The van der Waals surface area contributed by atoms with Gasteiger partial charge in [0.05, 0.1) is 9.79 Å². The van der Waals surface area contributed by atoms with Crippen molar-refractivity contribution >= 4 is 37.3 Å². The molecule has 4 rings (SSSR count). The fourth-order valence-corrected chi connectivity index (χ4v) is 7.77.